The molecule has 0 heterocycles. The first-order valence-electron chi connectivity index (χ1n) is 4.80. The fourth-order valence-electron chi connectivity index (χ4n) is 1.10. The number of carbonyl (C=O) groups is 1. The summed E-state index contributed by atoms with van der Waals surface area (Å²) in [6.45, 7) is -0.0352. The van der Waals surface area contributed by atoms with Crippen LogP contribution in [0.15, 0.2) is 24.3 Å². The van der Waals surface area contributed by atoms with Crippen molar-refractivity contribution in [2.75, 3.05) is 19.8 Å². The maximum Gasteiger partial charge on any atom is 0.176 e. The van der Waals surface area contributed by atoms with E-state index in [0.717, 1.165) is 0 Å². The smallest absolute Gasteiger partial charge is 0.176 e. The Morgan fingerprint density at radius 3 is 2.53 bits per heavy atom. The molecule has 3 nitrogen and oxygen atoms in total. The van der Waals surface area contributed by atoms with Gasteiger partial charge in [-0.1, -0.05) is 0 Å². The van der Waals surface area contributed by atoms with Gasteiger partial charge in [0.2, 0.25) is 0 Å². The summed E-state index contributed by atoms with van der Waals surface area (Å²) < 4.78 is 17.0. The predicted octanol–water partition coefficient (Wildman–Crippen LogP) is 1.57. The van der Waals surface area contributed by atoms with Gasteiger partial charge in [0.1, 0.15) is 5.75 Å². The summed E-state index contributed by atoms with van der Waals surface area (Å²) in [6, 6.07) is 6.67. The first-order valence-corrected chi connectivity index (χ1v) is 4.80. The number of ketones is 1. The molecule has 0 aromatic heterocycles. The molecule has 0 radical (unpaired) electrons. The van der Waals surface area contributed by atoms with Gasteiger partial charge in [-0.15, -0.1) is 0 Å². The van der Waals surface area contributed by atoms with Crippen LogP contribution in [0.4, 0.5) is 4.39 Å². The Hall–Kier alpha value is -1.42. The normalized spacial score (nSPS) is 10.0. The van der Waals surface area contributed by atoms with E-state index in [2.05, 4.69) is 0 Å². The summed E-state index contributed by atoms with van der Waals surface area (Å²) in [6.07, 6.45) is 0.378. The molecule has 1 rings (SSSR count). The lowest BCUT2D eigenvalue weighted by atomic mass is 10.1. The van der Waals surface area contributed by atoms with E-state index in [1.165, 1.54) is 0 Å². The van der Waals surface area contributed by atoms with Crippen LogP contribution in [0.5, 0.6) is 5.75 Å². The lowest BCUT2D eigenvalue weighted by Crippen LogP contribution is -2.13. The third-order valence-electron chi connectivity index (χ3n) is 1.91. The highest BCUT2D eigenvalue weighted by atomic mass is 19.1. The van der Waals surface area contributed by atoms with Gasteiger partial charge < -0.3 is 10.5 Å². The number of hydrogen-bond acceptors (Lipinski definition) is 3. The third kappa shape index (κ3) is 3.67. The Bertz CT molecular complexity index is 311. The van der Waals surface area contributed by atoms with Crippen molar-refractivity contribution < 1.29 is 13.9 Å². The average molecular weight is 211 g/mol. The van der Waals surface area contributed by atoms with Gasteiger partial charge in [-0.05, 0) is 24.3 Å². The molecule has 4 heteroatoms. The zero-order valence-corrected chi connectivity index (χ0v) is 8.41. The van der Waals surface area contributed by atoms with Crippen molar-refractivity contribution >= 4 is 5.78 Å². The van der Waals surface area contributed by atoms with Gasteiger partial charge in [0.25, 0.3) is 0 Å². The standard InChI is InChI=1S/C11H14FNO2/c12-6-1-7-15-10-4-2-9(3-5-10)11(14)8-13/h2-5H,1,6-8,13H2. The zero-order valence-electron chi connectivity index (χ0n) is 8.41. The summed E-state index contributed by atoms with van der Waals surface area (Å²) in [7, 11) is 0. The molecule has 82 valence electrons. The topological polar surface area (TPSA) is 52.3 Å². The number of carbonyl (C=O) groups excluding carboxylic acids is 1. The largest absolute Gasteiger partial charge is 0.493 e. The van der Waals surface area contributed by atoms with Crippen molar-refractivity contribution in [3.63, 3.8) is 0 Å². The van der Waals surface area contributed by atoms with Crippen molar-refractivity contribution in [1.29, 1.82) is 0 Å². The lowest BCUT2D eigenvalue weighted by molar-refractivity contribution is 0.100. The second-order valence-corrected chi connectivity index (χ2v) is 3.04. The van der Waals surface area contributed by atoms with Crippen LogP contribution in [0.3, 0.4) is 0 Å². The molecule has 1 aromatic carbocycles. The Kier molecular flexibility index (Phi) is 4.77. The molecule has 0 fully saturated rings. The van der Waals surface area contributed by atoms with Gasteiger partial charge in [-0.2, -0.15) is 0 Å². The van der Waals surface area contributed by atoms with Gasteiger partial charge >= 0.3 is 0 Å². The summed E-state index contributed by atoms with van der Waals surface area (Å²) in [5.74, 6) is 0.530. The number of halogens is 1. The third-order valence-corrected chi connectivity index (χ3v) is 1.91. The first-order chi connectivity index (χ1) is 7.27. The van der Waals surface area contributed by atoms with E-state index in [-0.39, 0.29) is 19.0 Å². The van der Waals surface area contributed by atoms with E-state index in [4.69, 9.17) is 10.5 Å². The van der Waals surface area contributed by atoms with Crippen LogP contribution in [0.1, 0.15) is 16.8 Å². The Morgan fingerprint density at radius 1 is 1.33 bits per heavy atom. The van der Waals surface area contributed by atoms with Crippen LogP contribution < -0.4 is 10.5 Å². The fraction of sp³-hybridized carbons (Fsp3) is 0.364. The first kappa shape index (κ1) is 11.7. The number of rotatable bonds is 6. The SMILES string of the molecule is NCC(=O)c1ccc(OCCCF)cc1. The monoisotopic (exact) mass is 211 g/mol. The van der Waals surface area contributed by atoms with Crippen LogP contribution in [0, 0.1) is 0 Å². The van der Waals surface area contributed by atoms with Gasteiger partial charge in [-0.25, -0.2) is 0 Å². The second-order valence-electron chi connectivity index (χ2n) is 3.04. The predicted molar refractivity (Wildman–Crippen MR) is 55.9 cm³/mol. The second kappa shape index (κ2) is 6.14. The van der Waals surface area contributed by atoms with E-state index in [9.17, 15) is 9.18 Å². The van der Waals surface area contributed by atoms with Crippen LogP contribution in [-0.2, 0) is 0 Å². The van der Waals surface area contributed by atoms with E-state index in [0.29, 0.717) is 24.3 Å². The number of hydrogen-bond donors (Lipinski definition) is 1. The Labute approximate surface area is 88.0 Å². The maximum absolute atomic E-state index is 11.8. The molecule has 2 N–H and O–H groups in total. The molecule has 15 heavy (non-hydrogen) atoms. The molecule has 0 bridgehead atoms. The number of alkyl halides is 1. The molecule has 0 aliphatic rings. The fourth-order valence-corrected chi connectivity index (χ4v) is 1.10. The van der Waals surface area contributed by atoms with Crippen LogP contribution in [0.2, 0.25) is 0 Å². The Balaban J connectivity index is 2.52. The number of ether oxygens (including phenoxy) is 1. The number of benzene rings is 1. The number of Topliss-reactive ketones (excluding diaryl/α,β-unsaturated/α-hetero) is 1. The molecular weight excluding hydrogens is 197 g/mol. The molecule has 0 atom stereocenters. The van der Waals surface area contributed by atoms with Gasteiger partial charge in [0.05, 0.1) is 19.8 Å². The maximum atomic E-state index is 11.8. The Morgan fingerprint density at radius 2 is 2.00 bits per heavy atom. The highest BCUT2D eigenvalue weighted by molar-refractivity contribution is 5.97. The van der Waals surface area contributed by atoms with Crippen molar-refractivity contribution in [3.8, 4) is 5.75 Å². The molecule has 0 amide bonds. The summed E-state index contributed by atoms with van der Waals surface area (Å²) in [5, 5.41) is 0. The minimum atomic E-state index is -0.385. The highest BCUT2D eigenvalue weighted by Crippen LogP contribution is 2.12. The number of nitrogens with two attached hydrogens (primary N) is 1. The van der Waals surface area contributed by atoms with Crippen molar-refractivity contribution in [2.24, 2.45) is 5.73 Å². The highest BCUT2D eigenvalue weighted by Gasteiger charge is 2.02. The molecule has 0 saturated carbocycles. The zero-order chi connectivity index (χ0) is 11.1. The molecular formula is C11H14FNO2. The van der Waals surface area contributed by atoms with Gasteiger partial charge in [0.15, 0.2) is 5.78 Å². The molecule has 0 aliphatic heterocycles. The van der Waals surface area contributed by atoms with Crippen molar-refractivity contribution in [1.82, 2.24) is 0 Å². The van der Waals surface area contributed by atoms with Crippen LogP contribution >= 0.6 is 0 Å². The summed E-state index contributed by atoms with van der Waals surface area (Å²) >= 11 is 0. The van der Waals surface area contributed by atoms with E-state index in [1.807, 2.05) is 0 Å². The van der Waals surface area contributed by atoms with Crippen LogP contribution in [-0.4, -0.2) is 25.6 Å². The lowest BCUT2D eigenvalue weighted by Gasteiger charge is -2.05. The van der Waals surface area contributed by atoms with E-state index >= 15 is 0 Å². The quantitative estimate of drug-likeness (QED) is 0.574. The molecule has 0 saturated heterocycles. The molecule has 0 spiro atoms. The van der Waals surface area contributed by atoms with Gasteiger partial charge in [-0.3, -0.25) is 9.18 Å². The van der Waals surface area contributed by atoms with Gasteiger partial charge in [0, 0.05) is 12.0 Å². The van der Waals surface area contributed by atoms with Crippen molar-refractivity contribution in [2.45, 2.75) is 6.42 Å². The summed E-state index contributed by atoms with van der Waals surface area (Å²) in [4.78, 5) is 11.2. The van der Waals surface area contributed by atoms with Crippen molar-refractivity contribution in [3.05, 3.63) is 29.8 Å². The average Bonchev–Trinajstić information content (AvgIpc) is 2.29. The summed E-state index contributed by atoms with van der Waals surface area (Å²) in [5.41, 5.74) is 5.78. The molecule has 0 unspecified atom stereocenters. The van der Waals surface area contributed by atoms with Crippen LogP contribution in [0.25, 0.3) is 0 Å². The minimum absolute atomic E-state index is 0.00204. The van der Waals surface area contributed by atoms with E-state index < -0.39 is 0 Å². The molecule has 1 aromatic rings. The van der Waals surface area contributed by atoms with E-state index in [1.54, 1.807) is 24.3 Å². The molecule has 0 aliphatic carbocycles. The minimum Gasteiger partial charge on any atom is -0.493 e.